The van der Waals surface area contributed by atoms with E-state index < -0.39 is 40.1 Å². The summed E-state index contributed by atoms with van der Waals surface area (Å²) in [7, 11) is 1.42. The van der Waals surface area contributed by atoms with Gasteiger partial charge in [0.2, 0.25) is 11.6 Å². The first kappa shape index (κ1) is 24.8. The second-order valence-corrected chi connectivity index (χ2v) is 7.90. The van der Waals surface area contributed by atoms with Crippen LogP contribution in [0.5, 0.6) is 17.2 Å². The van der Waals surface area contributed by atoms with Crippen molar-refractivity contribution in [1.29, 1.82) is 0 Å². The van der Waals surface area contributed by atoms with Gasteiger partial charge in [-0.25, -0.2) is 13.8 Å². The van der Waals surface area contributed by atoms with E-state index in [-0.39, 0.29) is 17.9 Å². The molecule has 0 unspecified atom stereocenters. The van der Waals surface area contributed by atoms with Gasteiger partial charge in [-0.1, -0.05) is 56.8 Å². The van der Waals surface area contributed by atoms with Crippen LogP contribution < -0.4 is 9.47 Å². The number of halogens is 4. The molecule has 0 fully saturated rings. The molecule has 0 aliphatic heterocycles. The maximum absolute atomic E-state index is 14.5. The van der Waals surface area contributed by atoms with Gasteiger partial charge in [-0.3, -0.25) is 0 Å². The second-order valence-electron chi connectivity index (χ2n) is 7.90. The molecule has 0 bridgehead atoms. The Morgan fingerprint density at radius 2 is 1.62 bits per heavy atom. The summed E-state index contributed by atoms with van der Waals surface area (Å²) in [6.07, 6.45) is 2.08. The molecule has 0 aliphatic rings. The minimum Gasteiger partial charge on any atom is -0.507 e. The normalized spacial score (nSPS) is 11.6. The average Bonchev–Trinajstić information content (AvgIpc) is 2.84. The highest BCUT2D eigenvalue weighted by Gasteiger charge is 2.29. The smallest absolute Gasteiger partial charge is 0.206 e. The lowest BCUT2D eigenvalue weighted by Gasteiger charge is -2.28. The van der Waals surface area contributed by atoms with E-state index in [2.05, 4.69) is 16.3 Å². The van der Waals surface area contributed by atoms with E-state index in [1.54, 1.807) is 6.07 Å². The molecule has 0 atom stereocenters. The van der Waals surface area contributed by atoms with Gasteiger partial charge in [0.25, 0.3) is 0 Å². The SMILES string of the molecule is C=CCOc1c(F)c(F)c(N=Cc2cc(OC)cc(C(C)(C)c3ccccc3)c2O)c(F)c1F. The summed E-state index contributed by atoms with van der Waals surface area (Å²) in [6, 6.07) is 12.4. The lowest BCUT2D eigenvalue weighted by atomic mass is 9.77. The molecule has 0 radical (unpaired) electrons. The number of aliphatic imine (C=N–C) groups is 1. The quantitative estimate of drug-likeness (QED) is 0.174. The van der Waals surface area contributed by atoms with Crippen LogP contribution in [0.1, 0.15) is 30.5 Å². The molecule has 0 amide bonds. The van der Waals surface area contributed by atoms with Gasteiger partial charge in [0.15, 0.2) is 17.4 Å². The molecule has 0 saturated carbocycles. The fourth-order valence-corrected chi connectivity index (χ4v) is 3.45. The van der Waals surface area contributed by atoms with Crippen molar-refractivity contribution in [1.82, 2.24) is 0 Å². The summed E-state index contributed by atoms with van der Waals surface area (Å²) in [4.78, 5) is 3.60. The van der Waals surface area contributed by atoms with Crippen molar-refractivity contribution in [3.05, 3.63) is 95.1 Å². The third-order valence-electron chi connectivity index (χ3n) is 5.40. The number of phenolic OH excluding ortho intramolecular Hbond substituents is 1. The molecular weight excluding hydrogens is 450 g/mol. The van der Waals surface area contributed by atoms with E-state index in [1.807, 2.05) is 44.2 Å². The van der Waals surface area contributed by atoms with Crippen LogP contribution in [0, 0.1) is 23.3 Å². The van der Waals surface area contributed by atoms with Gasteiger partial charge >= 0.3 is 0 Å². The number of aromatic hydroxyl groups is 1. The standard InChI is InChI=1S/C26H23F4NO3/c1-5-11-34-25-21(29)19(27)23(20(28)22(25)30)31-14-15-12-17(33-4)13-18(24(15)32)26(2,3)16-9-7-6-8-10-16/h5-10,12-14,32H,1,11H2,2-4H3. The monoisotopic (exact) mass is 473 g/mol. The summed E-state index contributed by atoms with van der Waals surface area (Å²) in [5.74, 6) is -8.02. The lowest BCUT2D eigenvalue weighted by Crippen LogP contribution is -2.19. The van der Waals surface area contributed by atoms with Crippen molar-refractivity contribution in [3.63, 3.8) is 0 Å². The largest absolute Gasteiger partial charge is 0.507 e. The molecule has 4 nitrogen and oxygen atoms in total. The van der Waals surface area contributed by atoms with Crippen LogP contribution in [0.15, 0.2) is 60.1 Å². The first-order valence-electron chi connectivity index (χ1n) is 10.2. The Balaban J connectivity index is 2.11. The first-order chi connectivity index (χ1) is 16.1. The fraction of sp³-hybridized carbons (Fsp3) is 0.192. The van der Waals surface area contributed by atoms with Crippen molar-refractivity contribution in [2.75, 3.05) is 13.7 Å². The van der Waals surface area contributed by atoms with E-state index in [0.29, 0.717) is 11.3 Å². The minimum absolute atomic E-state index is 0.0324. The zero-order chi connectivity index (χ0) is 25.0. The second kappa shape index (κ2) is 9.99. The van der Waals surface area contributed by atoms with Gasteiger partial charge in [-0.2, -0.15) is 8.78 Å². The molecule has 8 heteroatoms. The average molecular weight is 473 g/mol. The Morgan fingerprint density at radius 1 is 1.00 bits per heavy atom. The van der Waals surface area contributed by atoms with E-state index in [4.69, 9.17) is 4.74 Å². The number of hydrogen-bond acceptors (Lipinski definition) is 4. The lowest BCUT2D eigenvalue weighted by molar-refractivity contribution is 0.303. The van der Waals surface area contributed by atoms with Crippen molar-refractivity contribution in [3.8, 4) is 17.2 Å². The molecule has 0 heterocycles. The third-order valence-corrected chi connectivity index (χ3v) is 5.40. The van der Waals surface area contributed by atoms with Crippen LogP contribution in [-0.2, 0) is 5.41 Å². The summed E-state index contributed by atoms with van der Waals surface area (Å²) in [5.41, 5.74) is -0.526. The van der Waals surface area contributed by atoms with Crippen LogP contribution in [0.2, 0.25) is 0 Å². The molecule has 0 spiro atoms. The Kier molecular flexibility index (Phi) is 7.29. The number of rotatable bonds is 8. The van der Waals surface area contributed by atoms with Gasteiger partial charge < -0.3 is 14.6 Å². The van der Waals surface area contributed by atoms with E-state index in [0.717, 1.165) is 11.8 Å². The van der Waals surface area contributed by atoms with Crippen molar-refractivity contribution >= 4 is 11.9 Å². The van der Waals surface area contributed by atoms with Gasteiger partial charge in [-0.15, -0.1) is 0 Å². The number of ether oxygens (including phenoxy) is 2. The highest BCUT2D eigenvalue weighted by atomic mass is 19.2. The molecule has 3 aromatic rings. The molecule has 178 valence electrons. The minimum atomic E-state index is -1.73. The molecule has 0 aliphatic carbocycles. The number of phenols is 1. The Labute approximate surface area is 194 Å². The molecular formula is C26H23F4NO3. The molecule has 3 rings (SSSR count). The molecule has 3 aromatic carbocycles. The Bertz CT molecular complexity index is 1210. The van der Waals surface area contributed by atoms with Gasteiger partial charge in [0.1, 0.15) is 23.8 Å². The highest BCUT2D eigenvalue weighted by Crippen LogP contribution is 2.41. The van der Waals surface area contributed by atoms with Crippen molar-refractivity contribution in [2.24, 2.45) is 4.99 Å². The van der Waals surface area contributed by atoms with Crippen LogP contribution in [-0.4, -0.2) is 25.0 Å². The van der Waals surface area contributed by atoms with Crippen LogP contribution in [0.25, 0.3) is 0 Å². The number of nitrogens with zero attached hydrogens (tertiary/aromatic N) is 1. The van der Waals surface area contributed by atoms with Crippen molar-refractivity contribution < 1.29 is 32.1 Å². The van der Waals surface area contributed by atoms with Crippen LogP contribution >= 0.6 is 0 Å². The Morgan fingerprint density at radius 3 is 2.18 bits per heavy atom. The van der Waals surface area contributed by atoms with E-state index >= 15 is 0 Å². The summed E-state index contributed by atoms with van der Waals surface area (Å²) in [6.45, 7) is 6.71. The van der Waals surface area contributed by atoms with E-state index in [1.165, 1.54) is 19.3 Å². The summed E-state index contributed by atoms with van der Waals surface area (Å²) >= 11 is 0. The fourth-order valence-electron chi connectivity index (χ4n) is 3.45. The number of methoxy groups -OCH3 is 1. The zero-order valence-corrected chi connectivity index (χ0v) is 18.8. The predicted molar refractivity (Wildman–Crippen MR) is 122 cm³/mol. The third kappa shape index (κ3) is 4.62. The van der Waals surface area contributed by atoms with Crippen LogP contribution in [0.3, 0.4) is 0 Å². The van der Waals surface area contributed by atoms with Gasteiger partial charge in [0, 0.05) is 22.8 Å². The number of hydrogen-bond donors (Lipinski definition) is 1. The molecule has 1 N–H and O–H groups in total. The molecule has 34 heavy (non-hydrogen) atoms. The predicted octanol–water partition coefficient (Wildman–Crippen LogP) is 6.60. The van der Waals surface area contributed by atoms with Crippen molar-refractivity contribution in [2.45, 2.75) is 19.3 Å². The summed E-state index contributed by atoms with van der Waals surface area (Å²) in [5, 5.41) is 11.0. The maximum Gasteiger partial charge on any atom is 0.206 e. The van der Waals surface area contributed by atoms with Gasteiger partial charge in [-0.05, 0) is 17.7 Å². The Hall–Kier alpha value is -3.81. The zero-order valence-electron chi connectivity index (χ0n) is 18.8. The first-order valence-corrected chi connectivity index (χ1v) is 10.2. The van der Waals surface area contributed by atoms with Crippen LogP contribution in [0.4, 0.5) is 23.2 Å². The number of benzene rings is 3. The maximum atomic E-state index is 14.5. The molecule has 0 aromatic heterocycles. The molecule has 0 saturated heterocycles. The highest BCUT2D eigenvalue weighted by molar-refractivity contribution is 5.87. The van der Waals surface area contributed by atoms with E-state index in [9.17, 15) is 22.7 Å². The van der Waals surface area contributed by atoms with Gasteiger partial charge in [0.05, 0.1) is 7.11 Å². The topological polar surface area (TPSA) is 51.0 Å². The summed E-state index contributed by atoms with van der Waals surface area (Å²) < 4.78 is 67.5.